The summed E-state index contributed by atoms with van der Waals surface area (Å²) in [4.78, 5) is 10.7. The lowest BCUT2D eigenvalue weighted by atomic mass is 10.2. The van der Waals surface area contributed by atoms with Gasteiger partial charge in [-0.15, -0.1) is 0 Å². The van der Waals surface area contributed by atoms with Gasteiger partial charge in [-0.05, 0) is 18.2 Å². The molecule has 0 aromatic heterocycles. The van der Waals surface area contributed by atoms with Crippen LogP contribution in [0.5, 0.6) is 0 Å². The highest BCUT2D eigenvalue weighted by atomic mass is 35.5. The molecule has 76 valence electrons. The smallest absolute Gasteiger partial charge is 0.221 e. The molecule has 1 rings (SSSR count). The van der Waals surface area contributed by atoms with E-state index in [1.165, 1.54) is 25.1 Å². The number of amides is 1. The van der Waals surface area contributed by atoms with Crippen LogP contribution in [0.1, 0.15) is 6.92 Å². The second-order valence-corrected chi connectivity index (χ2v) is 3.05. The lowest BCUT2D eigenvalue weighted by Gasteiger charge is -2.24. The van der Waals surface area contributed by atoms with Gasteiger partial charge in [-0.1, -0.05) is 11.6 Å². The van der Waals surface area contributed by atoms with Crippen molar-refractivity contribution in [3.8, 4) is 0 Å². The second-order valence-electron chi connectivity index (χ2n) is 2.62. The molecule has 0 bridgehead atoms. The third-order valence-electron chi connectivity index (χ3n) is 1.48. The topological polar surface area (TPSA) is 75.6 Å². The van der Waals surface area contributed by atoms with E-state index < -0.39 is 0 Å². The van der Waals surface area contributed by atoms with Crippen LogP contribution in [0.15, 0.2) is 18.2 Å². The maximum atomic E-state index is 10.7. The molecule has 5 nitrogen and oxygen atoms in total. The van der Waals surface area contributed by atoms with Crippen LogP contribution in [0.25, 0.3) is 0 Å². The summed E-state index contributed by atoms with van der Waals surface area (Å²) in [5, 5.41) is 21.7. The third-order valence-corrected chi connectivity index (χ3v) is 1.71. The first-order chi connectivity index (χ1) is 6.50. The molecule has 0 unspecified atom stereocenters. The summed E-state index contributed by atoms with van der Waals surface area (Å²) < 4.78 is 0. The van der Waals surface area contributed by atoms with E-state index in [4.69, 9.17) is 16.8 Å². The number of hydrogen-bond donors (Lipinski definition) is 2. The van der Waals surface area contributed by atoms with E-state index in [9.17, 15) is 10.0 Å². The minimum absolute atomic E-state index is 0.104. The van der Waals surface area contributed by atoms with Crippen molar-refractivity contribution in [1.82, 2.24) is 0 Å². The average molecular weight is 216 g/mol. The predicted molar refractivity (Wildman–Crippen MR) is 53.4 cm³/mol. The van der Waals surface area contributed by atoms with Crippen molar-refractivity contribution in [2.24, 2.45) is 0 Å². The Hall–Kier alpha value is -1.30. The molecule has 0 heterocycles. The van der Waals surface area contributed by atoms with Crippen LogP contribution in [-0.4, -0.2) is 11.1 Å². The normalized spacial score (nSPS) is 9.71. The minimum Gasteiger partial charge on any atom is -0.733 e. The molecule has 0 aliphatic rings. The Balaban J connectivity index is 3.08. The van der Waals surface area contributed by atoms with Gasteiger partial charge in [0.25, 0.3) is 0 Å². The molecule has 14 heavy (non-hydrogen) atoms. The monoisotopic (exact) mass is 215 g/mol. The molecule has 0 spiro atoms. The quantitative estimate of drug-likeness (QED) is 0.740. The van der Waals surface area contributed by atoms with Gasteiger partial charge in [0.05, 0.1) is 11.4 Å². The molecule has 0 saturated carbocycles. The molecule has 0 radical (unpaired) electrons. The van der Waals surface area contributed by atoms with Crippen LogP contribution in [0.3, 0.4) is 0 Å². The van der Waals surface area contributed by atoms with Crippen molar-refractivity contribution in [1.29, 1.82) is 0 Å². The molecular formula is C8H8ClN2O3-. The summed E-state index contributed by atoms with van der Waals surface area (Å²) in [5.41, 5.74) is 0.104. The average Bonchev–Trinajstić information content (AvgIpc) is 2.07. The zero-order valence-corrected chi connectivity index (χ0v) is 8.08. The maximum absolute atomic E-state index is 10.7. The van der Waals surface area contributed by atoms with Gasteiger partial charge >= 0.3 is 0 Å². The zero-order valence-electron chi connectivity index (χ0n) is 7.32. The van der Waals surface area contributed by atoms with Crippen LogP contribution in [0.2, 0.25) is 5.02 Å². The van der Waals surface area contributed by atoms with Crippen LogP contribution >= 0.6 is 11.6 Å². The molecule has 1 aromatic rings. The Kier molecular flexibility index (Phi) is 3.29. The van der Waals surface area contributed by atoms with E-state index >= 15 is 0 Å². The fraction of sp³-hybridized carbons (Fsp3) is 0.125. The van der Waals surface area contributed by atoms with E-state index in [2.05, 4.69) is 5.32 Å². The summed E-state index contributed by atoms with van der Waals surface area (Å²) in [6.45, 7) is 1.30. The van der Waals surface area contributed by atoms with Crippen molar-refractivity contribution in [3.05, 3.63) is 28.4 Å². The highest BCUT2D eigenvalue weighted by Gasteiger charge is 2.05. The van der Waals surface area contributed by atoms with Crippen LogP contribution < -0.4 is 10.5 Å². The van der Waals surface area contributed by atoms with Gasteiger partial charge < -0.3 is 15.8 Å². The molecule has 1 amide bonds. The van der Waals surface area contributed by atoms with Crippen molar-refractivity contribution in [3.63, 3.8) is 0 Å². The standard InChI is InChI=1S/C8H8ClN2O3/c1-5(12)10-7-3-2-6(9)4-8(7)11(13)14/h2-4,13H,1H3,(H,10,12)/q-1. The van der Waals surface area contributed by atoms with E-state index in [1.54, 1.807) is 0 Å². The zero-order chi connectivity index (χ0) is 10.7. The molecule has 1 aromatic carbocycles. The van der Waals surface area contributed by atoms with Crippen molar-refractivity contribution < 1.29 is 10.0 Å². The lowest BCUT2D eigenvalue weighted by Crippen LogP contribution is -2.13. The third kappa shape index (κ3) is 2.59. The molecular weight excluding hydrogens is 208 g/mol. The van der Waals surface area contributed by atoms with Gasteiger partial charge in [-0.2, -0.15) is 0 Å². The molecule has 0 aliphatic carbocycles. The van der Waals surface area contributed by atoms with Crippen LogP contribution in [-0.2, 0) is 4.79 Å². The number of hydrogen-bond acceptors (Lipinski definition) is 4. The maximum Gasteiger partial charge on any atom is 0.221 e. The number of nitrogens with zero attached hydrogens (tertiary/aromatic N) is 1. The summed E-state index contributed by atoms with van der Waals surface area (Å²) in [7, 11) is 0. The summed E-state index contributed by atoms with van der Waals surface area (Å²) in [5.74, 6) is -0.338. The number of benzene rings is 1. The van der Waals surface area contributed by atoms with E-state index in [1.807, 2.05) is 0 Å². The van der Waals surface area contributed by atoms with Crippen LogP contribution in [0.4, 0.5) is 11.4 Å². The summed E-state index contributed by atoms with van der Waals surface area (Å²) in [6.07, 6.45) is 0. The minimum atomic E-state index is -0.350. The predicted octanol–water partition coefficient (Wildman–Crippen LogP) is 1.99. The van der Waals surface area contributed by atoms with Crippen molar-refractivity contribution >= 4 is 28.9 Å². The summed E-state index contributed by atoms with van der Waals surface area (Å²) >= 11 is 5.61. The number of nitrogens with one attached hydrogen (secondary N) is 1. The van der Waals surface area contributed by atoms with Crippen molar-refractivity contribution in [2.45, 2.75) is 6.92 Å². The highest BCUT2D eigenvalue weighted by Crippen LogP contribution is 2.27. The number of carbonyl (C=O) groups excluding carboxylic acids is 1. The first kappa shape index (κ1) is 10.8. The van der Waals surface area contributed by atoms with Crippen molar-refractivity contribution in [2.75, 3.05) is 10.5 Å². The first-order valence-electron chi connectivity index (χ1n) is 3.74. The highest BCUT2D eigenvalue weighted by molar-refractivity contribution is 6.31. The van der Waals surface area contributed by atoms with E-state index in [0.29, 0.717) is 5.02 Å². The van der Waals surface area contributed by atoms with Gasteiger partial charge in [0.1, 0.15) is 0 Å². The van der Waals surface area contributed by atoms with E-state index in [0.717, 1.165) is 0 Å². The SMILES string of the molecule is CC(=O)Nc1ccc(Cl)cc1N([O-])O. The molecule has 0 aliphatic heterocycles. The van der Waals surface area contributed by atoms with Gasteiger partial charge in [0, 0.05) is 11.9 Å². The lowest BCUT2D eigenvalue weighted by molar-refractivity contribution is -0.114. The van der Waals surface area contributed by atoms with Gasteiger partial charge in [-0.3, -0.25) is 10.0 Å². The van der Waals surface area contributed by atoms with Gasteiger partial charge in [0.15, 0.2) is 0 Å². The first-order valence-corrected chi connectivity index (χ1v) is 4.12. The Labute approximate surface area is 85.4 Å². The number of anilines is 2. The fourth-order valence-electron chi connectivity index (χ4n) is 0.958. The van der Waals surface area contributed by atoms with Gasteiger partial charge in [0.2, 0.25) is 5.91 Å². The largest absolute Gasteiger partial charge is 0.733 e. The number of halogens is 1. The second kappa shape index (κ2) is 4.28. The molecule has 2 N–H and O–H groups in total. The summed E-state index contributed by atoms with van der Waals surface area (Å²) in [6, 6.07) is 4.18. The Morgan fingerprint density at radius 2 is 2.29 bits per heavy atom. The molecule has 6 heteroatoms. The Morgan fingerprint density at radius 1 is 1.64 bits per heavy atom. The molecule has 0 fully saturated rings. The number of rotatable bonds is 2. The number of carbonyl (C=O) groups is 1. The fourth-order valence-corrected chi connectivity index (χ4v) is 1.12. The van der Waals surface area contributed by atoms with E-state index in [-0.39, 0.29) is 22.5 Å². The molecule has 0 saturated heterocycles. The van der Waals surface area contributed by atoms with Gasteiger partial charge in [-0.25, -0.2) is 0 Å². The Morgan fingerprint density at radius 3 is 2.79 bits per heavy atom. The van der Waals surface area contributed by atoms with Crippen LogP contribution in [0, 0.1) is 5.21 Å². The molecule has 0 atom stereocenters. The Bertz CT molecular complexity index is 354.